The fraction of sp³-hybridized carbons (Fsp3) is 0.312. The van der Waals surface area contributed by atoms with Crippen LogP contribution in [0.4, 0.5) is 0 Å². The number of hydrogen-bond donors (Lipinski definition) is 1. The quantitative estimate of drug-likeness (QED) is 0.186. The van der Waals surface area contributed by atoms with Crippen LogP contribution in [0.1, 0.15) is 42.9 Å². The van der Waals surface area contributed by atoms with Crippen molar-refractivity contribution in [3.63, 3.8) is 0 Å². The van der Waals surface area contributed by atoms with Crippen LogP contribution in [0, 0.1) is 13.8 Å². The Morgan fingerprint density at radius 2 is 1.73 bits per heavy atom. The maximum Gasteiger partial charge on any atom is 0.326 e. The van der Waals surface area contributed by atoms with Gasteiger partial charge >= 0.3 is 5.69 Å². The summed E-state index contributed by atoms with van der Waals surface area (Å²) in [4.78, 5) is 30.5. The highest BCUT2D eigenvalue weighted by Crippen LogP contribution is 2.30. The monoisotopic (exact) mass is 566 g/mol. The Morgan fingerprint density at radius 3 is 2.51 bits per heavy atom. The third-order valence-electron chi connectivity index (χ3n) is 7.78. The van der Waals surface area contributed by atoms with Gasteiger partial charge < -0.3 is 9.88 Å². The van der Waals surface area contributed by atoms with Crippen LogP contribution in [-0.2, 0) is 4.79 Å². The highest BCUT2D eigenvalue weighted by molar-refractivity contribution is 7.99. The molecular formula is C32H34N6O2S. The highest BCUT2D eigenvalue weighted by atomic mass is 32.2. The van der Waals surface area contributed by atoms with Gasteiger partial charge in [-0.15, -0.1) is 10.2 Å². The first-order chi connectivity index (χ1) is 20.0. The van der Waals surface area contributed by atoms with E-state index in [1.54, 1.807) is 11.8 Å². The molecule has 41 heavy (non-hydrogen) atoms. The summed E-state index contributed by atoms with van der Waals surface area (Å²) >= 11 is 1.63. The fourth-order valence-electron chi connectivity index (χ4n) is 5.61. The molecule has 1 aliphatic heterocycles. The first kappa shape index (κ1) is 27.1. The minimum absolute atomic E-state index is 0.0722. The molecule has 210 valence electrons. The van der Waals surface area contributed by atoms with Crippen LogP contribution in [0.15, 0.2) is 82.7 Å². The van der Waals surface area contributed by atoms with Crippen LogP contribution in [-0.4, -0.2) is 54.0 Å². The van der Waals surface area contributed by atoms with E-state index >= 15 is 0 Å². The molecule has 5 aromatic rings. The van der Waals surface area contributed by atoms with Gasteiger partial charge in [-0.25, -0.2) is 4.79 Å². The average Bonchev–Trinajstić information content (AvgIpc) is 3.56. The molecule has 1 saturated heterocycles. The fourth-order valence-corrected chi connectivity index (χ4v) is 6.50. The summed E-state index contributed by atoms with van der Waals surface area (Å²) in [6.07, 6.45) is 2.81. The van der Waals surface area contributed by atoms with Crippen molar-refractivity contribution in [2.45, 2.75) is 50.7 Å². The minimum Gasteiger partial charge on any atom is -0.343 e. The third-order valence-corrected chi connectivity index (χ3v) is 8.79. The number of hydrogen-bond acceptors (Lipinski definition) is 5. The van der Waals surface area contributed by atoms with E-state index in [1.807, 2.05) is 33.7 Å². The third kappa shape index (κ3) is 5.72. The number of fused-ring (bicyclic) bond motifs is 1. The number of nitrogens with one attached hydrogen (secondary N) is 1. The zero-order valence-electron chi connectivity index (χ0n) is 23.4. The number of nitrogens with zero attached hydrogens (tertiary/aromatic N) is 5. The van der Waals surface area contributed by atoms with Gasteiger partial charge in [-0.2, -0.15) is 0 Å². The summed E-state index contributed by atoms with van der Waals surface area (Å²) < 4.78 is 3.98. The Morgan fingerprint density at radius 1 is 0.951 bits per heavy atom. The lowest BCUT2D eigenvalue weighted by atomic mass is 10.0. The lowest BCUT2D eigenvalue weighted by molar-refractivity contribution is -0.132. The number of piperidine rings is 1. The zero-order chi connectivity index (χ0) is 28.3. The number of para-hydroxylation sites is 2. The van der Waals surface area contributed by atoms with Crippen molar-refractivity contribution < 1.29 is 4.79 Å². The van der Waals surface area contributed by atoms with Gasteiger partial charge in [-0.3, -0.25) is 13.9 Å². The van der Waals surface area contributed by atoms with Gasteiger partial charge in [0, 0.05) is 42.6 Å². The summed E-state index contributed by atoms with van der Waals surface area (Å²) in [7, 11) is 0. The number of aromatic amines is 1. The normalized spacial score (nSPS) is 14.1. The maximum atomic E-state index is 13.0. The number of aryl methyl sites for hydroxylation is 2. The molecule has 1 aliphatic rings. The molecule has 0 aliphatic carbocycles. The maximum absolute atomic E-state index is 13.0. The van der Waals surface area contributed by atoms with E-state index in [1.165, 1.54) is 11.1 Å². The van der Waals surface area contributed by atoms with E-state index in [2.05, 4.69) is 82.1 Å². The molecule has 0 unspecified atom stereocenters. The number of carbonyl (C=O) groups excluding carboxylic acids is 1. The summed E-state index contributed by atoms with van der Waals surface area (Å²) in [5.74, 6) is 1.76. The molecule has 8 nitrogen and oxygen atoms in total. The van der Waals surface area contributed by atoms with Crippen LogP contribution in [0.2, 0.25) is 0 Å². The van der Waals surface area contributed by atoms with Crippen LogP contribution in [0.25, 0.3) is 28.1 Å². The molecule has 3 aromatic carbocycles. The molecule has 0 spiro atoms. The standard InChI is InChI=1S/C32H34N6O2S/c1-22-12-14-24(15-13-22)30-34-35-32(38(30)26-8-5-7-23(2)21-26)41-20-6-11-29(39)36-18-16-25(17-19-36)37-28-10-4-3-9-27(28)33-31(37)40/h3-5,7-10,12-15,21,25H,6,11,16-20H2,1-2H3,(H,33,40). The van der Waals surface area contributed by atoms with Gasteiger partial charge in [0.1, 0.15) is 0 Å². The summed E-state index contributed by atoms with van der Waals surface area (Å²) in [5.41, 5.74) is 6.14. The van der Waals surface area contributed by atoms with Gasteiger partial charge in [0.2, 0.25) is 5.91 Å². The molecule has 1 N–H and O–H groups in total. The van der Waals surface area contributed by atoms with Crippen molar-refractivity contribution in [1.29, 1.82) is 0 Å². The molecule has 2 aromatic heterocycles. The number of thioether (sulfide) groups is 1. The molecule has 0 radical (unpaired) electrons. The number of H-pyrrole nitrogens is 1. The van der Waals surface area contributed by atoms with Gasteiger partial charge in [0.25, 0.3) is 0 Å². The van der Waals surface area contributed by atoms with Crippen molar-refractivity contribution in [1.82, 2.24) is 29.2 Å². The van der Waals surface area contributed by atoms with E-state index < -0.39 is 0 Å². The Bertz CT molecular complexity index is 1730. The molecule has 1 fully saturated rings. The Labute approximate surface area is 243 Å². The summed E-state index contributed by atoms with van der Waals surface area (Å²) in [6.45, 7) is 5.50. The molecule has 6 rings (SSSR count). The van der Waals surface area contributed by atoms with Crippen LogP contribution >= 0.6 is 11.8 Å². The first-order valence-corrected chi connectivity index (χ1v) is 15.2. The second-order valence-corrected chi connectivity index (χ2v) is 11.8. The van der Waals surface area contributed by atoms with E-state index in [0.717, 1.165) is 58.3 Å². The summed E-state index contributed by atoms with van der Waals surface area (Å²) in [6, 6.07) is 24.6. The van der Waals surface area contributed by atoms with E-state index in [0.29, 0.717) is 19.5 Å². The van der Waals surface area contributed by atoms with Gasteiger partial charge in [-0.05, 0) is 62.9 Å². The highest BCUT2D eigenvalue weighted by Gasteiger charge is 2.26. The molecular weight excluding hydrogens is 532 g/mol. The second kappa shape index (κ2) is 11.8. The summed E-state index contributed by atoms with van der Waals surface area (Å²) in [5, 5.41) is 9.91. The van der Waals surface area contributed by atoms with Crippen molar-refractivity contribution in [2.24, 2.45) is 0 Å². The van der Waals surface area contributed by atoms with Crippen LogP contribution in [0.5, 0.6) is 0 Å². The Balaban J connectivity index is 1.07. The number of imidazole rings is 1. The number of benzene rings is 3. The number of carbonyl (C=O) groups is 1. The number of aromatic nitrogens is 5. The van der Waals surface area contributed by atoms with Crippen LogP contribution < -0.4 is 5.69 Å². The van der Waals surface area contributed by atoms with Gasteiger partial charge in [0.15, 0.2) is 11.0 Å². The van der Waals surface area contributed by atoms with Gasteiger partial charge in [0.05, 0.1) is 11.0 Å². The predicted octanol–water partition coefficient (Wildman–Crippen LogP) is 5.93. The molecule has 0 atom stereocenters. The van der Waals surface area contributed by atoms with E-state index in [-0.39, 0.29) is 17.6 Å². The largest absolute Gasteiger partial charge is 0.343 e. The van der Waals surface area contributed by atoms with Crippen molar-refractivity contribution in [3.05, 3.63) is 94.4 Å². The SMILES string of the molecule is Cc1ccc(-c2nnc(SCCCC(=O)N3CCC(n4c(=O)[nH]c5ccccc54)CC3)n2-c2cccc(C)c2)cc1. The first-order valence-electron chi connectivity index (χ1n) is 14.2. The topological polar surface area (TPSA) is 88.8 Å². The molecule has 1 amide bonds. The smallest absolute Gasteiger partial charge is 0.326 e. The molecule has 0 saturated carbocycles. The van der Waals surface area contributed by atoms with Crippen LogP contribution in [0.3, 0.4) is 0 Å². The molecule has 3 heterocycles. The predicted molar refractivity (Wildman–Crippen MR) is 164 cm³/mol. The number of rotatable bonds is 8. The second-order valence-electron chi connectivity index (χ2n) is 10.7. The average molecular weight is 567 g/mol. The lowest BCUT2D eigenvalue weighted by Crippen LogP contribution is -2.40. The Hall–Kier alpha value is -4.11. The minimum atomic E-state index is -0.0722. The lowest BCUT2D eigenvalue weighted by Gasteiger charge is -2.32. The van der Waals surface area contributed by atoms with Gasteiger partial charge in [-0.1, -0.05) is 65.9 Å². The van der Waals surface area contributed by atoms with Crippen molar-refractivity contribution in [2.75, 3.05) is 18.8 Å². The molecule has 0 bridgehead atoms. The Kier molecular flexibility index (Phi) is 7.78. The number of amides is 1. The van der Waals surface area contributed by atoms with Crippen molar-refractivity contribution >= 4 is 28.7 Å². The zero-order valence-corrected chi connectivity index (χ0v) is 24.2. The van der Waals surface area contributed by atoms with E-state index in [4.69, 9.17) is 0 Å². The molecule has 9 heteroatoms. The van der Waals surface area contributed by atoms with Crippen molar-refractivity contribution in [3.8, 4) is 17.1 Å². The number of likely N-dealkylation sites (tertiary alicyclic amines) is 1. The van der Waals surface area contributed by atoms with E-state index in [9.17, 15) is 9.59 Å².